The maximum atomic E-state index is 13.4. The van der Waals surface area contributed by atoms with Gasteiger partial charge in [-0.05, 0) is 48.5 Å². The van der Waals surface area contributed by atoms with Gasteiger partial charge in [0.1, 0.15) is 22.9 Å². The highest BCUT2D eigenvalue weighted by Gasteiger charge is 2.38. The lowest BCUT2D eigenvalue weighted by Gasteiger charge is -2.36. The fourth-order valence-electron chi connectivity index (χ4n) is 4.15. The minimum absolute atomic E-state index is 0.197. The number of hydrogen-bond acceptors (Lipinski definition) is 4. The van der Waals surface area contributed by atoms with Gasteiger partial charge < -0.3 is 14.4 Å². The van der Waals surface area contributed by atoms with Crippen LogP contribution in [0.2, 0.25) is 10.0 Å². The van der Waals surface area contributed by atoms with E-state index in [2.05, 4.69) is 4.98 Å². The Bertz CT molecular complexity index is 1270. The number of benzene rings is 2. The van der Waals surface area contributed by atoms with Crippen molar-refractivity contribution in [1.82, 2.24) is 14.5 Å². The molecule has 0 spiro atoms. The van der Waals surface area contributed by atoms with Crippen LogP contribution in [0.15, 0.2) is 77.5 Å². The molecular weight excluding hydrogens is 461 g/mol. The number of aliphatic hydroxyl groups is 1. The zero-order chi connectivity index (χ0) is 23.0. The summed E-state index contributed by atoms with van der Waals surface area (Å²) in [5.74, 6) is 0.899. The normalized spacial score (nSPS) is 15.5. The number of rotatable bonds is 4. The molecule has 1 fully saturated rings. The molecule has 0 atom stereocenters. The van der Waals surface area contributed by atoms with E-state index in [0.29, 0.717) is 53.3 Å². The van der Waals surface area contributed by atoms with Crippen molar-refractivity contribution in [3.8, 4) is 17.1 Å². The molecule has 0 saturated carbocycles. The molecule has 4 aromatic rings. The van der Waals surface area contributed by atoms with Gasteiger partial charge >= 0.3 is 0 Å². The minimum Gasteiger partial charge on any atom is -0.466 e. The quantitative estimate of drug-likeness (QED) is 0.413. The number of amides is 1. The predicted octanol–water partition coefficient (Wildman–Crippen LogP) is 5.56. The first-order valence-corrected chi connectivity index (χ1v) is 11.4. The van der Waals surface area contributed by atoms with E-state index in [-0.39, 0.29) is 5.91 Å². The highest BCUT2D eigenvalue weighted by Crippen LogP contribution is 2.34. The van der Waals surface area contributed by atoms with E-state index in [1.165, 1.54) is 0 Å². The van der Waals surface area contributed by atoms with Crippen LogP contribution in [-0.4, -0.2) is 38.6 Å². The van der Waals surface area contributed by atoms with E-state index in [4.69, 9.17) is 27.6 Å². The highest BCUT2D eigenvalue weighted by molar-refractivity contribution is 6.33. The van der Waals surface area contributed by atoms with E-state index in [1.807, 2.05) is 34.9 Å². The zero-order valence-corrected chi connectivity index (χ0v) is 19.1. The topological polar surface area (TPSA) is 71.5 Å². The molecule has 2 aromatic carbocycles. The summed E-state index contributed by atoms with van der Waals surface area (Å²) in [6, 6.07) is 18.2. The van der Waals surface area contributed by atoms with Crippen LogP contribution in [0.5, 0.6) is 0 Å². The summed E-state index contributed by atoms with van der Waals surface area (Å²) in [4.78, 5) is 19.7. The van der Waals surface area contributed by atoms with Crippen LogP contribution >= 0.6 is 23.2 Å². The molecule has 0 bridgehead atoms. The highest BCUT2D eigenvalue weighted by atomic mass is 35.5. The van der Waals surface area contributed by atoms with Gasteiger partial charge in [0.2, 0.25) is 0 Å². The molecule has 1 saturated heterocycles. The molecular formula is C25H21Cl2N3O3. The second kappa shape index (κ2) is 8.71. The van der Waals surface area contributed by atoms with E-state index >= 15 is 0 Å². The first-order chi connectivity index (χ1) is 15.9. The van der Waals surface area contributed by atoms with Crippen molar-refractivity contribution in [2.75, 3.05) is 13.1 Å². The SMILES string of the molecule is O=C(c1cn(-c2ccc(Cl)cc2)c(-c2ccccc2Cl)n1)N1CCC(O)(c2ccco2)CC1. The van der Waals surface area contributed by atoms with Crippen molar-refractivity contribution in [2.24, 2.45) is 0 Å². The predicted molar refractivity (Wildman–Crippen MR) is 127 cm³/mol. The van der Waals surface area contributed by atoms with Gasteiger partial charge in [0.05, 0.1) is 11.3 Å². The lowest BCUT2D eigenvalue weighted by atomic mass is 9.89. The Labute approximate surface area is 201 Å². The molecule has 0 radical (unpaired) electrons. The third-order valence-electron chi connectivity index (χ3n) is 6.00. The Balaban J connectivity index is 1.46. The van der Waals surface area contributed by atoms with E-state index in [1.54, 1.807) is 47.7 Å². The van der Waals surface area contributed by atoms with Gasteiger partial charge in [0.15, 0.2) is 0 Å². The molecule has 5 rings (SSSR count). The summed E-state index contributed by atoms with van der Waals surface area (Å²) >= 11 is 12.5. The minimum atomic E-state index is -1.06. The van der Waals surface area contributed by atoms with Gasteiger partial charge in [-0.1, -0.05) is 35.3 Å². The van der Waals surface area contributed by atoms with Crippen LogP contribution in [0, 0.1) is 0 Å². The largest absolute Gasteiger partial charge is 0.466 e. The molecule has 8 heteroatoms. The van der Waals surface area contributed by atoms with Crippen LogP contribution in [0.4, 0.5) is 0 Å². The third-order valence-corrected chi connectivity index (χ3v) is 6.58. The van der Waals surface area contributed by atoms with E-state index < -0.39 is 5.60 Å². The average Bonchev–Trinajstić information content (AvgIpc) is 3.51. The monoisotopic (exact) mass is 481 g/mol. The molecule has 1 aliphatic rings. The maximum Gasteiger partial charge on any atom is 0.274 e. The van der Waals surface area contributed by atoms with Gasteiger partial charge in [-0.3, -0.25) is 9.36 Å². The fraction of sp³-hybridized carbons (Fsp3) is 0.200. The number of carbonyl (C=O) groups excluding carboxylic acids is 1. The van der Waals surface area contributed by atoms with E-state index in [9.17, 15) is 9.90 Å². The van der Waals surface area contributed by atoms with Crippen molar-refractivity contribution >= 4 is 29.1 Å². The van der Waals surface area contributed by atoms with Gasteiger partial charge in [-0.15, -0.1) is 0 Å². The number of piperidine rings is 1. The van der Waals surface area contributed by atoms with Crippen LogP contribution in [0.25, 0.3) is 17.1 Å². The summed E-state index contributed by atoms with van der Waals surface area (Å²) < 4.78 is 7.24. The summed E-state index contributed by atoms with van der Waals surface area (Å²) in [6.45, 7) is 0.788. The summed E-state index contributed by atoms with van der Waals surface area (Å²) in [7, 11) is 0. The van der Waals surface area contributed by atoms with Crippen molar-refractivity contribution in [2.45, 2.75) is 18.4 Å². The van der Waals surface area contributed by atoms with Gasteiger partial charge in [0, 0.05) is 48.4 Å². The van der Waals surface area contributed by atoms with Gasteiger partial charge in [-0.2, -0.15) is 0 Å². The van der Waals surface area contributed by atoms with Gasteiger partial charge in [0.25, 0.3) is 5.91 Å². The van der Waals surface area contributed by atoms with Crippen molar-refractivity contribution in [3.05, 3.63) is 94.6 Å². The molecule has 0 aliphatic carbocycles. The van der Waals surface area contributed by atoms with Crippen LogP contribution in [0.3, 0.4) is 0 Å². The lowest BCUT2D eigenvalue weighted by Crippen LogP contribution is -2.45. The number of furan rings is 1. The molecule has 1 N–H and O–H groups in total. The Hall–Kier alpha value is -3.06. The number of carbonyl (C=O) groups is 1. The van der Waals surface area contributed by atoms with Crippen molar-refractivity contribution < 1.29 is 14.3 Å². The summed E-state index contributed by atoms with van der Waals surface area (Å²) in [5.41, 5.74) is 0.778. The first kappa shape index (κ1) is 21.8. The molecule has 33 heavy (non-hydrogen) atoms. The smallest absolute Gasteiger partial charge is 0.274 e. The molecule has 2 aromatic heterocycles. The lowest BCUT2D eigenvalue weighted by molar-refractivity contribution is -0.0369. The summed E-state index contributed by atoms with van der Waals surface area (Å²) in [6.07, 6.45) is 4.05. The maximum absolute atomic E-state index is 13.4. The van der Waals surface area contributed by atoms with Gasteiger partial charge in [-0.25, -0.2) is 4.98 Å². The number of likely N-dealkylation sites (tertiary alicyclic amines) is 1. The number of hydrogen-bond donors (Lipinski definition) is 1. The first-order valence-electron chi connectivity index (χ1n) is 10.6. The molecule has 1 aliphatic heterocycles. The second-order valence-corrected chi connectivity index (χ2v) is 8.92. The molecule has 1 amide bonds. The molecule has 0 unspecified atom stereocenters. The number of aromatic nitrogens is 2. The van der Waals surface area contributed by atoms with E-state index in [0.717, 1.165) is 11.3 Å². The molecule has 3 heterocycles. The van der Waals surface area contributed by atoms with Crippen LogP contribution in [0.1, 0.15) is 29.1 Å². The van der Waals surface area contributed by atoms with Crippen LogP contribution < -0.4 is 0 Å². The fourth-order valence-corrected chi connectivity index (χ4v) is 4.49. The van der Waals surface area contributed by atoms with Crippen LogP contribution in [-0.2, 0) is 5.60 Å². The Morgan fingerprint density at radius 1 is 1.00 bits per heavy atom. The number of nitrogens with zero attached hydrogens (tertiary/aromatic N) is 3. The number of halogens is 2. The Morgan fingerprint density at radius 3 is 2.39 bits per heavy atom. The zero-order valence-electron chi connectivity index (χ0n) is 17.6. The van der Waals surface area contributed by atoms with Crippen molar-refractivity contribution in [3.63, 3.8) is 0 Å². The summed E-state index contributed by atoms with van der Waals surface area (Å²) in [5, 5.41) is 12.1. The molecule has 6 nitrogen and oxygen atoms in total. The Kier molecular flexibility index (Phi) is 5.74. The molecule has 168 valence electrons. The standard InChI is InChI=1S/C25H21Cl2N3O3/c26-17-7-9-18(10-8-17)30-16-21(28-23(30)19-4-1-2-5-20(19)27)24(31)29-13-11-25(32,12-14-29)22-6-3-15-33-22/h1-10,15-16,32H,11-14H2. The van der Waals surface area contributed by atoms with Crippen molar-refractivity contribution in [1.29, 1.82) is 0 Å². The Morgan fingerprint density at radius 2 is 1.73 bits per heavy atom. The number of imidazole rings is 1. The third kappa shape index (κ3) is 4.17. The second-order valence-electron chi connectivity index (χ2n) is 8.08. The average molecular weight is 482 g/mol.